The summed E-state index contributed by atoms with van der Waals surface area (Å²) in [4.78, 5) is 19.1. The zero-order valence-electron chi connectivity index (χ0n) is 14.6. The van der Waals surface area contributed by atoms with Crippen molar-refractivity contribution in [3.63, 3.8) is 0 Å². The van der Waals surface area contributed by atoms with Crippen LogP contribution < -0.4 is 5.73 Å². The number of nitrogens with zero attached hydrogens (tertiary/aromatic N) is 3. The summed E-state index contributed by atoms with van der Waals surface area (Å²) in [7, 11) is 0. The van der Waals surface area contributed by atoms with Gasteiger partial charge in [0.1, 0.15) is 0 Å². The van der Waals surface area contributed by atoms with E-state index in [0.29, 0.717) is 18.3 Å². The normalized spacial score (nSPS) is 19.8. The SMILES string of the molecule is Cc1noc(C2CCCN(C(=O)C(C)C(N)c3ccccc3)C2)n1.Cl. The Bertz CT molecular complexity index is 691. The molecule has 25 heavy (non-hydrogen) atoms. The van der Waals surface area contributed by atoms with Crippen LogP contribution in [0.25, 0.3) is 0 Å². The molecule has 3 unspecified atom stereocenters. The van der Waals surface area contributed by atoms with Crippen molar-refractivity contribution in [2.45, 2.75) is 38.6 Å². The molecule has 1 aliphatic rings. The monoisotopic (exact) mass is 364 g/mol. The van der Waals surface area contributed by atoms with E-state index in [9.17, 15) is 4.79 Å². The summed E-state index contributed by atoms with van der Waals surface area (Å²) in [5.41, 5.74) is 7.29. The summed E-state index contributed by atoms with van der Waals surface area (Å²) in [6.45, 7) is 5.08. The molecule has 2 heterocycles. The van der Waals surface area contributed by atoms with Crippen molar-refractivity contribution in [3.8, 4) is 0 Å². The van der Waals surface area contributed by atoms with Crippen LogP contribution in [-0.4, -0.2) is 34.0 Å². The minimum Gasteiger partial charge on any atom is -0.342 e. The van der Waals surface area contributed by atoms with Crippen molar-refractivity contribution in [2.24, 2.45) is 11.7 Å². The van der Waals surface area contributed by atoms with E-state index in [1.54, 1.807) is 6.92 Å². The van der Waals surface area contributed by atoms with Crippen LogP contribution in [0.15, 0.2) is 34.9 Å². The molecule has 3 atom stereocenters. The van der Waals surface area contributed by atoms with Gasteiger partial charge >= 0.3 is 0 Å². The summed E-state index contributed by atoms with van der Waals surface area (Å²) < 4.78 is 5.29. The lowest BCUT2D eigenvalue weighted by Crippen LogP contribution is -2.44. The molecule has 0 radical (unpaired) electrons. The van der Waals surface area contributed by atoms with Gasteiger partial charge in [-0.1, -0.05) is 42.4 Å². The number of carbonyl (C=O) groups is 1. The third kappa shape index (κ3) is 4.38. The molecule has 1 fully saturated rings. The molecule has 1 saturated heterocycles. The lowest BCUT2D eigenvalue weighted by atomic mass is 9.92. The highest BCUT2D eigenvalue weighted by Crippen LogP contribution is 2.28. The largest absolute Gasteiger partial charge is 0.342 e. The number of piperidine rings is 1. The van der Waals surface area contributed by atoms with Gasteiger partial charge in [0.15, 0.2) is 5.82 Å². The fraction of sp³-hybridized carbons (Fsp3) is 0.500. The number of rotatable bonds is 4. The van der Waals surface area contributed by atoms with Crippen LogP contribution in [0.3, 0.4) is 0 Å². The van der Waals surface area contributed by atoms with Gasteiger partial charge in [-0.15, -0.1) is 12.4 Å². The van der Waals surface area contributed by atoms with Crippen LogP contribution >= 0.6 is 12.4 Å². The average Bonchev–Trinajstić information content (AvgIpc) is 3.07. The zero-order valence-corrected chi connectivity index (χ0v) is 15.4. The van der Waals surface area contributed by atoms with E-state index >= 15 is 0 Å². The number of aromatic nitrogens is 2. The molecule has 0 bridgehead atoms. The van der Waals surface area contributed by atoms with Gasteiger partial charge in [0.2, 0.25) is 11.8 Å². The number of benzene rings is 1. The van der Waals surface area contributed by atoms with E-state index < -0.39 is 0 Å². The number of likely N-dealkylation sites (tertiary alicyclic amines) is 1. The Labute approximate surface area is 154 Å². The van der Waals surface area contributed by atoms with Crippen molar-refractivity contribution in [3.05, 3.63) is 47.6 Å². The predicted octanol–water partition coefficient (Wildman–Crippen LogP) is 2.84. The van der Waals surface area contributed by atoms with Gasteiger partial charge < -0.3 is 15.2 Å². The Morgan fingerprint density at radius 1 is 1.36 bits per heavy atom. The molecular formula is C18H25ClN4O2. The minimum absolute atomic E-state index is 0. The molecule has 3 rings (SSSR count). The number of halogens is 1. The van der Waals surface area contributed by atoms with Crippen molar-refractivity contribution >= 4 is 18.3 Å². The van der Waals surface area contributed by atoms with Crippen LogP contribution in [-0.2, 0) is 4.79 Å². The second-order valence-electron chi connectivity index (χ2n) is 6.53. The summed E-state index contributed by atoms with van der Waals surface area (Å²) in [5, 5.41) is 3.86. The Morgan fingerprint density at radius 2 is 2.08 bits per heavy atom. The standard InChI is InChI=1S/C18H24N4O2.ClH/c1-12(16(19)14-7-4-3-5-8-14)18(23)22-10-6-9-15(11-22)17-20-13(2)21-24-17;/h3-5,7-8,12,15-16H,6,9-11,19H2,1-2H3;1H. The highest BCUT2D eigenvalue weighted by Gasteiger charge is 2.32. The highest BCUT2D eigenvalue weighted by molar-refractivity contribution is 5.85. The molecular weight excluding hydrogens is 340 g/mol. The predicted molar refractivity (Wildman–Crippen MR) is 97.4 cm³/mol. The Balaban J connectivity index is 0.00000225. The fourth-order valence-corrected chi connectivity index (χ4v) is 3.26. The van der Waals surface area contributed by atoms with Gasteiger partial charge in [0, 0.05) is 19.1 Å². The second-order valence-corrected chi connectivity index (χ2v) is 6.53. The van der Waals surface area contributed by atoms with Gasteiger partial charge in [-0.2, -0.15) is 4.98 Å². The first-order valence-corrected chi connectivity index (χ1v) is 8.45. The van der Waals surface area contributed by atoms with Gasteiger partial charge in [-0.3, -0.25) is 4.79 Å². The third-order valence-corrected chi connectivity index (χ3v) is 4.74. The zero-order chi connectivity index (χ0) is 17.1. The number of hydrogen-bond acceptors (Lipinski definition) is 5. The molecule has 2 N–H and O–H groups in total. The third-order valence-electron chi connectivity index (χ3n) is 4.74. The van der Waals surface area contributed by atoms with Crippen molar-refractivity contribution in [2.75, 3.05) is 13.1 Å². The molecule has 1 aliphatic heterocycles. The molecule has 136 valence electrons. The molecule has 1 aromatic heterocycles. The van der Waals surface area contributed by atoms with Gasteiger partial charge in [0.05, 0.1) is 11.8 Å². The molecule has 0 aliphatic carbocycles. The number of nitrogens with two attached hydrogens (primary N) is 1. The summed E-state index contributed by atoms with van der Waals surface area (Å²) in [6.07, 6.45) is 1.90. The van der Waals surface area contributed by atoms with E-state index in [1.165, 1.54) is 0 Å². The van der Waals surface area contributed by atoms with E-state index in [0.717, 1.165) is 24.9 Å². The second kappa shape index (κ2) is 8.45. The fourth-order valence-electron chi connectivity index (χ4n) is 3.26. The van der Waals surface area contributed by atoms with Crippen molar-refractivity contribution in [1.82, 2.24) is 15.0 Å². The lowest BCUT2D eigenvalue weighted by molar-refractivity contribution is -0.137. The molecule has 0 spiro atoms. The van der Waals surface area contributed by atoms with Crippen LogP contribution in [0.1, 0.15) is 49.0 Å². The Kier molecular flexibility index (Phi) is 6.56. The van der Waals surface area contributed by atoms with Gasteiger partial charge in [0.25, 0.3) is 0 Å². The number of aryl methyl sites for hydroxylation is 1. The number of hydrogen-bond donors (Lipinski definition) is 1. The van der Waals surface area contributed by atoms with Gasteiger partial charge in [-0.05, 0) is 25.3 Å². The van der Waals surface area contributed by atoms with E-state index in [1.807, 2.05) is 42.2 Å². The lowest BCUT2D eigenvalue weighted by Gasteiger charge is -2.34. The molecule has 2 aromatic rings. The molecule has 1 amide bonds. The highest BCUT2D eigenvalue weighted by atomic mass is 35.5. The van der Waals surface area contributed by atoms with Crippen molar-refractivity contribution in [1.29, 1.82) is 0 Å². The maximum Gasteiger partial charge on any atom is 0.231 e. The smallest absolute Gasteiger partial charge is 0.231 e. The average molecular weight is 365 g/mol. The van der Waals surface area contributed by atoms with Crippen LogP contribution in [0.5, 0.6) is 0 Å². The number of amides is 1. The Hall–Kier alpha value is -1.92. The molecule has 6 nitrogen and oxygen atoms in total. The first-order chi connectivity index (χ1) is 11.6. The van der Waals surface area contributed by atoms with Crippen LogP contribution in [0.2, 0.25) is 0 Å². The summed E-state index contributed by atoms with van der Waals surface area (Å²) >= 11 is 0. The first-order valence-electron chi connectivity index (χ1n) is 8.45. The van der Waals surface area contributed by atoms with E-state index in [4.69, 9.17) is 10.3 Å². The maximum atomic E-state index is 12.9. The van der Waals surface area contributed by atoms with E-state index in [2.05, 4.69) is 10.1 Å². The molecule has 7 heteroatoms. The maximum absolute atomic E-state index is 12.9. The summed E-state index contributed by atoms with van der Waals surface area (Å²) in [6, 6.07) is 9.47. The minimum atomic E-state index is -0.301. The summed E-state index contributed by atoms with van der Waals surface area (Å²) in [5.74, 6) is 1.20. The van der Waals surface area contributed by atoms with E-state index in [-0.39, 0.29) is 36.2 Å². The molecule has 0 saturated carbocycles. The van der Waals surface area contributed by atoms with Gasteiger partial charge in [-0.25, -0.2) is 0 Å². The first kappa shape index (κ1) is 19.4. The van der Waals surface area contributed by atoms with Crippen LogP contribution in [0, 0.1) is 12.8 Å². The Morgan fingerprint density at radius 3 is 2.72 bits per heavy atom. The topological polar surface area (TPSA) is 85.2 Å². The molecule has 1 aromatic carbocycles. The number of carbonyl (C=O) groups excluding carboxylic acids is 1. The van der Waals surface area contributed by atoms with Crippen LogP contribution in [0.4, 0.5) is 0 Å². The van der Waals surface area contributed by atoms with Crippen molar-refractivity contribution < 1.29 is 9.32 Å². The quantitative estimate of drug-likeness (QED) is 0.901.